The fourth-order valence-electron chi connectivity index (χ4n) is 9.19. The van der Waals surface area contributed by atoms with E-state index in [9.17, 15) is 43.2 Å². The largest absolute Gasteiger partial charge is 0.472 e. The van der Waals surface area contributed by atoms with E-state index in [4.69, 9.17) is 37.0 Å². The summed E-state index contributed by atoms with van der Waals surface area (Å²) >= 11 is 0. The van der Waals surface area contributed by atoms with Crippen LogP contribution in [0.25, 0.3) is 0 Å². The summed E-state index contributed by atoms with van der Waals surface area (Å²) in [6.45, 7) is 13.9. The lowest BCUT2D eigenvalue weighted by molar-refractivity contribution is -0.161. The second-order valence-electron chi connectivity index (χ2n) is 24.2. The lowest BCUT2D eigenvalue weighted by Gasteiger charge is -2.21. The number of unbranched alkanes of at least 4 members (excludes halogenated alkanes) is 24. The van der Waals surface area contributed by atoms with Crippen molar-refractivity contribution >= 4 is 39.5 Å². The predicted octanol–water partition coefficient (Wildman–Crippen LogP) is 17.0. The minimum Gasteiger partial charge on any atom is -0.462 e. The van der Waals surface area contributed by atoms with Gasteiger partial charge in [0.25, 0.3) is 0 Å². The van der Waals surface area contributed by atoms with Gasteiger partial charge in [-0.3, -0.25) is 37.3 Å². The molecule has 0 aromatic carbocycles. The molecule has 0 aliphatic heterocycles. The Bertz CT molecular complexity index is 1650. The average Bonchev–Trinajstić information content (AvgIpc) is 3.45. The third kappa shape index (κ3) is 54.7. The summed E-state index contributed by atoms with van der Waals surface area (Å²) in [6, 6.07) is 0. The summed E-state index contributed by atoms with van der Waals surface area (Å²) in [5.41, 5.74) is 0. The molecular weight excluding hydrogens is 1090 g/mol. The number of phosphoric acid groups is 2. The lowest BCUT2D eigenvalue weighted by Crippen LogP contribution is -2.30. The van der Waals surface area contributed by atoms with Gasteiger partial charge in [0, 0.05) is 25.7 Å². The first-order chi connectivity index (χ1) is 39.2. The summed E-state index contributed by atoms with van der Waals surface area (Å²) in [5.74, 6) is 0.738. The molecule has 0 aliphatic rings. The zero-order valence-electron chi connectivity index (χ0n) is 53.1. The summed E-state index contributed by atoms with van der Waals surface area (Å²) in [6.07, 6.45) is 32.3. The van der Waals surface area contributed by atoms with Crippen LogP contribution in [0.3, 0.4) is 0 Å². The van der Waals surface area contributed by atoms with Gasteiger partial charge >= 0.3 is 39.5 Å². The molecule has 0 aromatic heterocycles. The smallest absolute Gasteiger partial charge is 0.462 e. The molecule has 7 atom stereocenters. The molecule has 0 aromatic rings. The number of hydrogen-bond donors (Lipinski definition) is 3. The van der Waals surface area contributed by atoms with E-state index in [2.05, 4.69) is 55.4 Å². The van der Waals surface area contributed by atoms with E-state index in [0.29, 0.717) is 31.6 Å². The second-order valence-corrected chi connectivity index (χ2v) is 27.1. The van der Waals surface area contributed by atoms with Crippen molar-refractivity contribution < 1.29 is 80.2 Å². The Morgan fingerprint density at radius 2 is 0.585 bits per heavy atom. The monoisotopic (exact) mass is 1210 g/mol. The Hall–Kier alpha value is -1.94. The van der Waals surface area contributed by atoms with Crippen LogP contribution in [0.5, 0.6) is 0 Å². The Balaban J connectivity index is 5.26. The third-order valence-corrected chi connectivity index (χ3v) is 16.9. The molecule has 0 fully saturated rings. The second kappa shape index (κ2) is 53.3. The van der Waals surface area contributed by atoms with Crippen LogP contribution in [0.2, 0.25) is 0 Å². The SMILES string of the molecule is CCC(C)CCCCCCCCC(=O)OC[C@H](COP(=O)(O)OC[C@@H](O)COP(=O)(O)OC[C@@H](COC(=O)CCCCCCCCC(C)CC)OC(=O)CCCCCCCCC(C)C)OC(=O)CCCCCCCCCCCCC(C)C. The molecule has 3 N–H and O–H groups in total. The highest BCUT2D eigenvalue weighted by molar-refractivity contribution is 7.47. The fraction of sp³-hybridized carbons (Fsp3) is 0.937. The van der Waals surface area contributed by atoms with Gasteiger partial charge in [0.1, 0.15) is 19.3 Å². The average molecular weight is 1210 g/mol. The summed E-state index contributed by atoms with van der Waals surface area (Å²) in [5, 5.41) is 10.5. The zero-order valence-corrected chi connectivity index (χ0v) is 54.9. The summed E-state index contributed by atoms with van der Waals surface area (Å²) in [7, 11) is -9.89. The van der Waals surface area contributed by atoms with Crippen molar-refractivity contribution in [1.82, 2.24) is 0 Å². The van der Waals surface area contributed by atoms with Crippen LogP contribution in [-0.4, -0.2) is 96.7 Å². The number of aliphatic hydroxyl groups is 1. The molecule has 0 saturated heterocycles. The topological polar surface area (TPSA) is 237 Å². The first-order valence-electron chi connectivity index (χ1n) is 32.8. The minimum atomic E-state index is -4.94. The zero-order chi connectivity index (χ0) is 61.1. The molecule has 0 saturated carbocycles. The van der Waals surface area contributed by atoms with E-state index in [-0.39, 0.29) is 25.7 Å². The summed E-state index contributed by atoms with van der Waals surface area (Å²) < 4.78 is 67.9. The Labute approximate surface area is 498 Å². The van der Waals surface area contributed by atoms with Crippen LogP contribution in [0.4, 0.5) is 0 Å². The van der Waals surface area contributed by atoms with E-state index in [0.717, 1.165) is 120 Å². The molecule has 17 nitrogen and oxygen atoms in total. The van der Waals surface area contributed by atoms with Crippen molar-refractivity contribution in [2.45, 2.75) is 318 Å². The maximum Gasteiger partial charge on any atom is 0.472 e. The van der Waals surface area contributed by atoms with Gasteiger partial charge in [0.2, 0.25) is 0 Å². The van der Waals surface area contributed by atoms with Gasteiger partial charge in [-0.2, -0.15) is 0 Å². The van der Waals surface area contributed by atoms with Crippen LogP contribution in [-0.2, 0) is 65.4 Å². The maximum absolute atomic E-state index is 13.0. The number of carbonyl (C=O) groups is 4. The van der Waals surface area contributed by atoms with Crippen LogP contribution < -0.4 is 0 Å². The van der Waals surface area contributed by atoms with Gasteiger partial charge in [-0.1, -0.05) is 248 Å². The van der Waals surface area contributed by atoms with Crippen LogP contribution >= 0.6 is 15.6 Å². The van der Waals surface area contributed by atoms with Crippen LogP contribution in [0, 0.1) is 23.7 Å². The fourth-order valence-corrected chi connectivity index (χ4v) is 10.8. The highest BCUT2D eigenvalue weighted by Gasteiger charge is 2.30. The minimum absolute atomic E-state index is 0.100. The van der Waals surface area contributed by atoms with E-state index in [1.54, 1.807) is 0 Å². The molecule has 0 radical (unpaired) electrons. The van der Waals surface area contributed by atoms with E-state index in [1.807, 2.05) is 0 Å². The van der Waals surface area contributed by atoms with Crippen LogP contribution in [0.15, 0.2) is 0 Å². The number of aliphatic hydroxyl groups excluding tert-OH is 1. The molecule has 4 unspecified atom stereocenters. The highest BCUT2D eigenvalue weighted by atomic mass is 31.2. The molecule has 486 valence electrons. The molecule has 0 rings (SSSR count). The van der Waals surface area contributed by atoms with Crippen molar-refractivity contribution in [2.24, 2.45) is 23.7 Å². The quantitative estimate of drug-likeness (QED) is 0.0222. The van der Waals surface area contributed by atoms with Gasteiger partial charge < -0.3 is 33.8 Å². The molecule has 0 amide bonds. The van der Waals surface area contributed by atoms with E-state index >= 15 is 0 Å². The van der Waals surface area contributed by atoms with Gasteiger partial charge in [0.15, 0.2) is 12.2 Å². The van der Waals surface area contributed by atoms with Crippen molar-refractivity contribution in [3.05, 3.63) is 0 Å². The van der Waals surface area contributed by atoms with E-state index in [1.165, 1.54) is 89.9 Å². The van der Waals surface area contributed by atoms with Crippen molar-refractivity contribution in [3.8, 4) is 0 Å². The maximum atomic E-state index is 13.0. The summed E-state index contributed by atoms with van der Waals surface area (Å²) in [4.78, 5) is 72.1. The molecule has 0 spiro atoms. The van der Waals surface area contributed by atoms with Crippen molar-refractivity contribution in [3.63, 3.8) is 0 Å². The van der Waals surface area contributed by atoms with Gasteiger partial charge in [-0.15, -0.1) is 0 Å². The van der Waals surface area contributed by atoms with Crippen molar-refractivity contribution in [1.29, 1.82) is 0 Å². The predicted molar refractivity (Wildman–Crippen MR) is 326 cm³/mol. The van der Waals surface area contributed by atoms with Gasteiger partial charge in [0.05, 0.1) is 26.4 Å². The van der Waals surface area contributed by atoms with Gasteiger partial charge in [-0.25, -0.2) is 9.13 Å². The Morgan fingerprint density at radius 3 is 0.866 bits per heavy atom. The van der Waals surface area contributed by atoms with Gasteiger partial charge in [-0.05, 0) is 49.4 Å². The first-order valence-corrected chi connectivity index (χ1v) is 35.8. The Kier molecular flexibility index (Phi) is 52.0. The molecule has 82 heavy (non-hydrogen) atoms. The normalized spacial score (nSPS) is 15.1. The number of phosphoric ester groups is 2. The molecular formula is C63H122O17P2. The number of esters is 4. The number of ether oxygens (including phenoxy) is 4. The first kappa shape index (κ1) is 80.1. The standard InChI is InChI=1S/C63H122O17P2/c1-9-55(7)41-33-25-18-21-27-35-43-60(65)73-49-58(79-62(67)45-37-29-16-14-12-11-13-15-23-31-39-53(3)4)51-77-81(69,70)75-47-57(64)48-76-82(71,72)78-52-59(80-63(68)46-38-30-20-17-24-32-40-54(5)6)50-74-61(66)44-36-28-22-19-26-34-42-56(8)10-2/h53-59,64H,9-52H2,1-8H3,(H,69,70)(H,71,72)/t55?,56?,57-,58-,59-/m1/s1. The molecule has 0 aliphatic carbocycles. The molecule has 19 heteroatoms. The lowest BCUT2D eigenvalue weighted by atomic mass is 10.00. The number of carbonyl (C=O) groups excluding carboxylic acids is 4. The number of hydrogen-bond acceptors (Lipinski definition) is 15. The number of rotatable bonds is 60. The van der Waals surface area contributed by atoms with Crippen molar-refractivity contribution in [2.75, 3.05) is 39.6 Å². The van der Waals surface area contributed by atoms with Crippen LogP contribution in [0.1, 0.15) is 299 Å². The third-order valence-electron chi connectivity index (χ3n) is 15.0. The Morgan fingerprint density at radius 1 is 0.341 bits per heavy atom. The van der Waals surface area contributed by atoms with E-state index < -0.39 is 97.5 Å². The highest BCUT2D eigenvalue weighted by Crippen LogP contribution is 2.45. The molecule has 0 bridgehead atoms. The molecule has 0 heterocycles.